The largest absolute Gasteiger partial charge is 0.506 e. The minimum absolute atomic E-state index is 0.0970. The van der Waals surface area contributed by atoms with E-state index in [4.69, 9.17) is 16.3 Å². The SMILES string of the molecule is O=C(COC(=O)c1ccc2ccccc2c1O)Nc1cc(Cl)ccc1[N+](=O)[O-]. The highest BCUT2D eigenvalue weighted by Gasteiger charge is 2.19. The van der Waals surface area contributed by atoms with Crippen molar-refractivity contribution in [2.45, 2.75) is 0 Å². The Hall–Kier alpha value is -3.65. The van der Waals surface area contributed by atoms with Crippen molar-refractivity contribution in [3.05, 3.63) is 75.3 Å². The number of anilines is 1. The normalized spacial score (nSPS) is 10.5. The monoisotopic (exact) mass is 400 g/mol. The second-order valence-corrected chi connectivity index (χ2v) is 6.16. The van der Waals surface area contributed by atoms with Crippen LogP contribution in [0.25, 0.3) is 10.8 Å². The molecule has 0 bridgehead atoms. The zero-order valence-electron chi connectivity index (χ0n) is 14.2. The quantitative estimate of drug-likeness (QED) is 0.381. The number of nitrogens with one attached hydrogen (secondary N) is 1. The first kappa shape index (κ1) is 19.1. The van der Waals surface area contributed by atoms with E-state index in [1.54, 1.807) is 30.3 Å². The first-order valence-electron chi connectivity index (χ1n) is 7.98. The number of nitro groups is 1. The van der Waals surface area contributed by atoms with Gasteiger partial charge in [-0.3, -0.25) is 14.9 Å². The number of phenolic OH excluding ortho intramolecular Hbond substituents is 1. The van der Waals surface area contributed by atoms with E-state index in [0.29, 0.717) is 5.39 Å². The van der Waals surface area contributed by atoms with E-state index in [2.05, 4.69) is 5.32 Å². The van der Waals surface area contributed by atoms with Gasteiger partial charge in [-0.2, -0.15) is 0 Å². The lowest BCUT2D eigenvalue weighted by Crippen LogP contribution is -2.21. The van der Waals surface area contributed by atoms with Crippen LogP contribution in [0.4, 0.5) is 11.4 Å². The summed E-state index contributed by atoms with van der Waals surface area (Å²) in [5.74, 6) is -1.95. The standard InChI is InChI=1S/C19H13ClN2O6/c20-12-6-8-16(22(26)27)15(9-12)21-17(23)10-28-19(25)14-7-5-11-3-1-2-4-13(11)18(14)24/h1-9,24H,10H2,(H,21,23). The molecule has 2 N–H and O–H groups in total. The van der Waals surface area contributed by atoms with Crippen LogP contribution in [0, 0.1) is 10.1 Å². The number of aromatic hydroxyl groups is 1. The molecule has 28 heavy (non-hydrogen) atoms. The van der Waals surface area contributed by atoms with Gasteiger partial charge in [-0.15, -0.1) is 0 Å². The molecule has 0 saturated heterocycles. The highest BCUT2D eigenvalue weighted by atomic mass is 35.5. The average Bonchev–Trinajstić information content (AvgIpc) is 2.66. The van der Waals surface area contributed by atoms with Crippen molar-refractivity contribution in [1.29, 1.82) is 0 Å². The Kier molecular flexibility index (Phi) is 5.42. The van der Waals surface area contributed by atoms with Gasteiger partial charge in [0.1, 0.15) is 17.0 Å². The van der Waals surface area contributed by atoms with Crippen molar-refractivity contribution in [3.8, 4) is 5.75 Å². The number of phenols is 1. The zero-order valence-corrected chi connectivity index (χ0v) is 15.0. The first-order valence-corrected chi connectivity index (χ1v) is 8.36. The number of benzene rings is 3. The van der Waals surface area contributed by atoms with Crippen molar-refractivity contribution >= 4 is 45.6 Å². The Morgan fingerprint density at radius 3 is 2.64 bits per heavy atom. The molecule has 0 aliphatic heterocycles. The van der Waals surface area contributed by atoms with Crippen molar-refractivity contribution in [1.82, 2.24) is 0 Å². The van der Waals surface area contributed by atoms with Crippen LogP contribution in [-0.4, -0.2) is 28.5 Å². The number of ether oxygens (including phenoxy) is 1. The van der Waals surface area contributed by atoms with Gasteiger partial charge in [-0.1, -0.05) is 41.9 Å². The number of esters is 1. The number of fused-ring (bicyclic) bond motifs is 1. The van der Waals surface area contributed by atoms with Crippen LogP contribution in [-0.2, 0) is 9.53 Å². The van der Waals surface area contributed by atoms with E-state index in [9.17, 15) is 24.8 Å². The molecule has 0 unspecified atom stereocenters. The Labute approximate surface area is 163 Å². The summed E-state index contributed by atoms with van der Waals surface area (Å²) in [6.07, 6.45) is 0. The number of rotatable bonds is 5. The van der Waals surface area contributed by atoms with Crippen LogP contribution in [0.15, 0.2) is 54.6 Å². The molecule has 1 amide bonds. The summed E-state index contributed by atoms with van der Waals surface area (Å²) in [4.78, 5) is 34.6. The topological polar surface area (TPSA) is 119 Å². The van der Waals surface area contributed by atoms with Gasteiger partial charge in [0, 0.05) is 16.5 Å². The number of nitro benzene ring substituents is 1. The van der Waals surface area contributed by atoms with Gasteiger partial charge in [0.25, 0.3) is 11.6 Å². The third kappa shape index (κ3) is 4.02. The van der Waals surface area contributed by atoms with Gasteiger partial charge in [0.05, 0.1) is 4.92 Å². The number of halogens is 1. The Morgan fingerprint density at radius 1 is 1.14 bits per heavy atom. The summed E-state index contributed by atoms with van der Waals surface area (Å²) in [5.41, 5.74) is -0.566. The molecule has 0 radical (unpaired) electrons. The maximum absolute atomic E-state index is 12.2. The number of carbonyl (C=O) groups is 2. The second kappa shape index (κ2) is 7.93. The van der Waals surface area contributed by atoms with Gasteiger partial charge in [0.15, 0.2) is 6.61 Å². The molecule has 0 fully saturated rings. The van der Waals surface area contributed by atoms with Crippen LogP contribution >= 0.6 is 11.6 Å². The summed E-state index contributed by atoms with van der Waals surface area (Å²) in [6, 6.07) is 13.6. The molecule has 0 aromatic heterocycles. The molecule has 3 rings (SSSR count). The predicted molar refractivity (Wildman–Crippen MR) is 103 cm³/mol. The van der Waals surface area contributed by atoms with E-state index >= 15 is 0 Å². The lowest BCUT2D eigenvalue weighted by atomic mass is 10.1. The average molecular weight is 401 g/mol. The molecule has 9 heteroatoms. The summed E-state index contributed by atoms with van der Waals surface area (Å²) in [6.45, 7) is -0.700. The molecule has 0 heterocycles. The Morgan fingerprint density at radius 2 is 1.89 bits per heavy atom. The molecule has 0 spiro atoms. The fourth-order valence-electron chi connectivity index (χ4n) is 2.58. The van der Waals surface area contributed by atoms with Gasteiger partial charge >= 0.3 is 5.97 Å². The first-order chi connectivity index (χ1) is 13.4. The molecular formula is C19H13ClN2O6. The molecular weight excluding hydrogens is 388 g/mol. The molecule has 8 nitrogen and oxygen atoms in total. The molecule has 0 atom stereocenters. The molecule has 3 aromatic carbocycles. The summed E-state index contributed by atoms with van der Waals surface area (Å²) in [5, 5.41) is 24.9. The number of carbonyl (C=O) groups excluding carboxylic acids is 2. The highest BCUT2D eigenvalue weighted by Crippen LogP contribution is 2.29. The van der Waals surface area contributed by atoms with Crippen molar-refractivity contribution in [3.63, 3.8) is 0 Å². The Balaban J connectivity index is 1.70. The highest BCUT2D eigenvalue weighted by molar-refractivity contribution is 6.31. The number of amides is 1. The van der Waals surface area contributed by atoms with Gasteiger partial charge in [-0.05, 0) is 23.6 Å². The fourth-order valence-corrected chi connectivity index (χ4v) is 2.75. The smallest absolute Gasteiger partial charge is 0.342 e. The fraction of sp³-hybridized carbons (Fsp3) is 0.0526. The minimum Gasteiger partial charge on any atom is -0.506 e. The summed E-state index contributed by atoms with van der Waals surface area (Å²) < 4.78 is 4.91. The molecule has 3 aromatic rings. The third-order valence-electron chi connectivity index (χ3n) is 3.88. The van der Waals surface area contributed by atoms with Crippen LogP contribution in [0.1, 0.15) is 10.4 Å². The van der Waals surface area contributed by atoms with E-state index in [0.717, 1.165) is 11.5 Å². The zero-order chi connectivity index (χ0) is 20.3. The van der Waals surface area contributed by atoms with E-state index in [-0.39, 0.29) is 27.7 Å². The van der Waals surface area contributed by atoms with Crippen LogP contribution in [0.2, 0.25) is 5.02 Å². The molecule has 0 aliphatic rings. The van der Waals surface area contributed by atoms with Crippen molar-refractivity contribution in [2.75, 3.05) is 11.9 Å². The van der Waals surface area contributed by atoms with Crippen LogP contribution in [0.3, 0.4) is 0 Å². The lowest BCUT2D eigenvalue weighted by Gasteiger charge is -2.09. The van der Waals surface area contributed by atoms with E-state index < -0.39 is 23.4 Å². The van der Waals surface area contributed by atoms with Gasteiger partial charge in [-0.25, -0.2) is 4.79 Å². The lowest BCUT2D eigenvalue weighted by molar-refractivity contribution is -0.383. The van der Waals surface area contributed by atoms with Crippen molar-refractivity contribution < 1.29 is 24.4 Å². The maximum Gasteiger partial charge on any atom is 0.342 e. The number of hydrogen-bond donors (Lipinski definition) is 2. The number of nitrogens with zero attached hydrogens (tertiary/aromatic N) is 1. The molecule has 0 aliphatic carbocycles. The van der Waals surface area contributed by atoms with Crippen LogP contribution < -0.4 is 5.32 Å². The maximum atomic E-state index is 12.2. The minimum atomic E-state index is -0.904. The third-order valence-corrected chi connectivity index (χ3v) is 4.12. The molecule has 0 saturated carbocycles. The summed E-state index contributed by atoms with van der Waals surface area (Å²) >= 11 is 5.79. The van der Waals surface area contributed by atoms with Crippen molar-refractivity contribution in [2.24, 2.45) is 0 Å². The van der Waals surface area contributed by atoms with Crippen LogP contribution in [0.5, 0.6) is 5.75 Å². The summed E-state index contributed by atoms with van der Waals surface area (Å²) in [7, 11) is 0. The van der Waals surface area contributed by atoms with E-state index in [1.165, 1.54) is 18.2 Å². The molecule has 142 valence electrons. The van der Waals surface area contributed by atoms with E-state index in [1.807, 2.05) is 0 Å². The second-order valence-electron chi connectivity index (χ2n) is 5.73. The van der Waals surface area contributed by atoms with Gasteiger partial charge < -0.3 is 15.2 Å². The number of hydrogen-bond acceptors (Lipinski definition) is 6. The predicted octanol–water partition coefficient (Wildman–Crippen LogP) is 3.90. The van der Waals surface area contributed by atoms with Gasteiger partial charge in [0.2, 0.25) is 0 Å². The Bertz CT molecular complexity index is 1100.